The van der Waals surface area contributed by atoms with Gasteiger partial charge in [0.1, 0.15) is 0 Å². The van der Waals surface area contributed by atoms with Gasteiger partial charge in [0.2, 0.25) is 0 Å². The number of hydrazone groups is 1. The van der Waals surface area contributed by atoms with Crippen LogP contribution in [-0.2, 0) is 14.9 Å². The van der Waals surface area contributed by atoms with Gasteiger partial charge < -0.3 is 0 Å². The van der Waals surface area contributed by atoms with Gasteiger partial charge in [0.25, 0.3) is 16.0 Å². The first-order valence-corrected chi connectivity index (χ1v) is 7.25. The maximum atomic E-state index is 12.1. The minimum Gasteiger partial charge on any atom is -0.282 e. The molecule has 1 aromatic rings. The summed E-state index contributed by atoms with van der Waals surface area (Å²) >= 11 is 0. The van der Waals surface area contributed by atoms with Gasteiger partial charge in [0.05, 0.1) is 16.5 Å². The summed E-state index contributed by atoms with van der Waals surface area (Å²) in [6.07, 6.45) is 0.674. The maximum absolute atomic E-state index is 12.1. The summed E-state index contributed by atoms with van der Waals surface area (Å²) in [6.45, 7) is 3.70. The highest BCUT2D eigenvalue weighted by molar-refractivity contribution is 7.85. The van der Waals surface area contributed by atoms with Gasteiger partial charge in [-0.3, -0.25) is 9.35 Å². The van der Waals surface area contributed by atoms with Crippen molar-refractivity contribution in [2.75, 3.05) is 5.01 Å². The molecule has 1 aliphatic rings. The van der Waals surface area contributed by atoms with Crippen LogP contribution in [0.4, 0.5) is 5.69 Å². The predicted octanol–water partition coefficient (Wildman–Crippen LogP) is 1.68. The van der Waals surface area contributed by atoms with Crippen molar-refractivity contribution in [1.29, 1.82) is 0 Å². The van der Waals surface area contributed by atoms with E-state index in [4.69, 9.17) is 4.55 Å². The molecule has 0 unspecified atom stereocenters. The molecule has 0 radical (unpaired) electrons. The van der Waals surface area contributed by atoms with Crippen LogP contribution in [0, 0.1) is 5.92 Å². The van der Waals surface area contributed by atoms with E-state index in [1.165, 1.54) is 29.3 Å². The average molecular weight is 282 g/mol. The quantitative estimate of drug-likeness (QED) is 0.854. The molecule has 1 heterocycles. The van der Waals surface area contributed by atoms with Crippen molar-refractivity contribution in [1.82, 2.24) is 0 Å². The zero-order chi connectivity index (χ0) is 14.2. The van der Waals surface area contributed by atoms with Crippen LogP contribution in [0.5, 0.6) is 0 Å². The Morgan fingerprint density at radius 3 is 2.32 bits per heavy atom. The van der Waals surface area contributed by atoms with Crippen molar-refractivity contribution in [3.63, 3.8) is 0 Å². The molecule has 0 bridgehead atoms. The fraction of sp³-hybridized carbons (Fsp3) is 0.333. The molecule has 2 rings (SSSR count). The van der Waals surface area contributed by atoms with Crippen LogP contribution in [0.25, 0.3) is 0 Å². The standard InChI is InChI=1S/C12H14N2O4S/c1-3-11-8(2)13-14(12(11)15)9-4-6-10(7-5-9)19(16,17)18/h4-7,11H,3H2,1-2H3,(H,16,17,18)/t11-/m1/s1. The summed E-state index contributed by atoms with van der Waals surface area (Å²) in [5.74, 6) is -0.346. The number of amides is 1. The second-order valence-electron chi connectivity index (χ2n) is 4.32. The molecule has 0 aromatic heterocycles. The van der Waals surface area contributed by atoms with Crippen LogP contribution in [0.1, 0.15) is 20.3 Å². The highest BCUT2D eigenvalue weighted by atomic mass is 32.2. The Kier molecular flexibility index (Phi) is 3.42. The zero-order valence-electron chi connectivity index (χ0n) is 10.6. The Labute approximate surface area is 111 Å². The third kappa shape index (κ3) is 2.52. The third-order valence-electron chi connectivity index (χ3n) is 3.06. The Balaban J connectivity index is 2.32. The van der Waals surface area contributed by atoms with Gasteiger partial charge in [-0.2, -0.15) is 13.5 Å². The molecule has 19 heavy (non-hydrogen) atoms. The monoisotopic (exact) mass is 282 g/mol. The summed E-state index contributed by atoms with van der Waals surface area (Å²) in [5.41, 5.74) is 1.22. The van der Waals surface area contributed by atoms with Crippen LogP contribution < -0.4 is 5.01 Å². The molecule has 0 aliphatic carbocycles. The number of rotatable bonds is 3. The molecule has 1 aromatic carbocycles. The summed E-state index contributed by atoms with van der Waals surface area (Å²) < 4.78 is 30.7. The number of benzene rings is 1. The van der Waals surface area contributed by atoms with E-state index in [2.05, 4.69) is 5.10 Å². The largest absolute Gasteiger partial charge is 0.294 e. The van der Waals surface area contributed by atoms with E-state index in [1.807, 2.05) is 6.92 Å². The van der Waals surface area contributed by atoms with Crippen LogP contribution in [0.15, 0.2) is 34.3 Å². The first kappa shape index (κ1) is 13.7. The van der Waals surface area contributed by atoms with Gasteiger partial charge in [-0.05, 0) is 37.6 Å². The van der Waals surface area contributed by atoms with Crippen molar-refractivity contribution in [3.8, 4) is 0 Å². The van der Waals surface area contributed by atoms with Crippen LogP contribution >= 0.6 is 0 Å². The van der Waals surface area contributed by atoms with E-state index in [0.717, 1.165) is 5.71 Å². The van der Waals surface area contributed by atoms with Gasteiger partial charge >= 0.3 is 0 Å². The summed E-state index contributed by atoms with van der Waals surface area (Å²) in [4.78, 5) is 11.9. The number of carbonyl (C=O) groups is 1. The molecule has 1 aliphatic heterocycles. The molecular weight excluding hydrogens is 268 g/mol. The van der Waals surface area contributed by atoms with Gasteiger partial charge in [-0.25, -0.2) is 5.01 Å². The highest BCUT2D eigenvalue weighted by Crippen LogP contribution is 2.26. The summed E-state index contributed by atoms with van der Waals surface area (Å²) in [5, 5.41) is 5.43. The Morgan fingerprint density at radius 2 is 1.89 bits per heavy atom. The van der Waals surface area contributed by atoms with E-state index < -0.39 is 10.1 Å². The topological polar surface area (TPSA) is 87.0 Å². The fourth-order valence-corrected chi connectivity index (χ4v) is 2.50. The van der Waals surface area contributed by atoms with Gasteiger partial charge in [0, 0.05) is 5.71 Å². The van der Waals surface area contributed by atoms with Crippen molar-refractivity contribution in [2.45, 2.75) is 25.2 Å². The van der Waals surface area contributed by atoms with Crippen LogP contribution in [-0.4, -0.2) is 24.6 Å². The Morgan fingerprint density at radius 1 is 1.32 bits per heavy atom. The SMILES string of the molecule is CC[C@H]1C(=O)N(c2ccc(S(=O)(=O)O)cc2)N=C1C. The number of hydrogen-bond donors (Lipinski definition) is 1. The number of carbonyl (C=O) groups excluding carboxylic acids is 1. The second-order valence-corrected chi connectivity index (χ2v) is 5.74. The van der Waals surface area contributed by atoms with Crippen molar-refractivity contribution in [3.05, 3.63) is 24.3 Å². The molecule has 102 valence electrons. The summed E-state index contributed by atoms with van der Waals surface area (Å²) in [7, 11) is -4.22. The lowest BCUT2D eigenvalue weighted by Crippen LogP contribution is -2.26. The minimum absolute atomic E-state index is 0.125. The molecule has 0 saturated carbocycles. The first-order valence-electron chi connectivity index (χ1n) is 5.81. The van der Waals surface area contributed by atoms with E-state index in [0.29, 0.717) is 12.1 Å². The van der Waals surface area contributed by atoms with Gasteiger partial charge in [-0.15, -0.1) is 0 Å². The second kappa shape index (κ2) is 4.75. The normalized spacial score (nSPS) is 19.7. The smallest absolute Gasteiger partial charge is 0.282 e. The average Bonchev–Trinajstić information content (AvgIpc) is 2.63. The molecule has 1 atom stereocenters. The van der Waals surface area contributed by atoms with Crippen LogP contribution in [0.3, 0.4) is 0 Å². The minimum atomic E-state index is -4.22. The lowest BCUT2D eigenvalue weighted by molar-refractivity contribution is -0.119. The molecule has 1 N–H and O–H groups in total. The zero-order valence-corrected chi connectivity index (χ0v) is 11.4. The lowest BCUT2D eigenvalue weighted by Gasteiger charge is -2.13. The molecule has 1 amide bonds. The van der Waals surface area contributed by atoms with E-state index >= 15 is 0 Å². The molecule has 0 fully saturated rings. The van der Waals surface area contributed by atoms with E-state index in [9.17, 15) is 13.2 Å². The van der Waals surface area contributed by atoms with Gasteiger partial charge in [0.15, 0.2) is 0 Å². The fourth-order valence-electron chi connectivity index (χ4n) is 2.02. The lowest BCUT2D eigenvalue weighted by atomic mass is 10.0. The number of hydrogen-bond acceptors (Lipinski definition) is 4. The Bertz CT molecular complexity index is 634. The molecule has 0 spiro atoms. The van der Waals surface area contributed by atoms with Gasteiger partial charge in [-0.1, -0.05) is 6.92 Å². The summed E-state index contributed by atoms with van der Waals surface area (Å²) in [6, 6.07) is 5.36. The highest BCUT2D eigenvalue weighted by Gasteiger charge is 2.32. The molecule has 7 heteroatoms. The van der Waals surface area contributed by atoms with E-state index in [-0.39, 0.29) is 16.7 Å². The molecule has 6 nitrogen and oxygen atoms in total. The molecular formula is C12H14N2O4S. The number of anilines is 1. The van der Waals surface area contributed by atoms with Crippen molar-refractivity contribution >= 4 is 27.4 Å². The third-order valence-corrected chi connectivity index (χ3v) is 3.92. The maximum Gasteiger partial charge on any atom is 0.294 e. The Hall–Kier alpha value is -1.73. The van der Waals surface area contributed by atoms with Crippen molar-refractivity contribution in [2.24, 2.45) is 11.0 Å². The van der Waals surface area contributed by atoms with E-state index in [1.54, 1.807) is 6.92 Å². The predicted molar refractivity (Wildman–Crippen MR) is 70.6 cm³/mol. The first-order chi connectivity index (χ1) is 8.84. The number of nitrogens with zero attached hydrogens (tertiary/aromatic N) is 2. The van der Waals surface area contributed by atoms with Crippen molar-refractivity contribution < 1.29 is 17.8 Å². The van der Waals surface area contributed by atoms with Crippen LogP contribution in [0.2, 0.25) is 0 Å². The molecule has 0 saturated heterocycles.